The highest BCUT2D eigenvalue weighted by atomic mass is 16.7. The molecule has 224 valence electrons. The van der Waals surface area contributed by atoms with Gasteiger partial charge in [-0.2, -0.15) is 5.10 Å². The lowest BCUT2D eigenvalue weighted by atomic mass is 10.1. The number of fused-ring (bicyclic) bond motifs is 2. The van der Waals surface area contributed by atoms with Crippen LogP contribution in [0.4, 0.5) is 4.79 Å². The fraction of sp³-hybridized carbons (Fsp3) is 0.433. The third kappa shape index (κ3) is 7.84. The first kappa shape index (κ1) is 30.5. The monoisotopic (exact) mass is 580 g/mol. The van der Waals surface area contributed by atoms with Gasteiger partial charge in [0, 0.05) is 24.7 Å². The van der Waals surface area contributed by atoms with Crippen LogP contribution in [0.3, 0.4) is 0 Å². The molecule has 3 aromatic rings. The Morgan fingerprint density at radius 1 is 0.929 bits per heavy atom. The predicted molar refractivity (Wildman–Crippen MR) is 152 cm³/mol. The maximum absolute atomic E-state index is 13.0. The molecule has 42 heavy (non-hydrogen) atoms. The summed E-state index contributed by atoms with van der Waals surface area (Å²) in [5.74, 6) is -1.69. The number of nitrogens with zero attached hydrogens (tertiary/aromatic N) is 3. The molecule has 0 saturated carbocycles. The lowest BCUT2D eigenvalue weighted by molar-refractivity contribution is -0.193. The first-order chi connectivity index (χ1) is 19.7. The van der Waals surface area contributed by atoms with E-state index in [2.05, 4.69) is 10.4 Å². The van der Waals surface area contributed by atoms with Crippen molar-refractivity contribution in [1.82, 2.24) is 20.2 Å². The van der Waals surface area contributed by atoms with Crippen molar-refractivity contribution >= 4 is 34.8 Å². The number of benzene rings is 2. The van der Waals surface area contributed by atoms with Crippen molar-refractivity contribution in [2.24, 2.45) is 0 Å². The van der Waals surface area contributed by atoms with Crippen LogP contribution < -0.4 is 10.1 Å². The van der Waals surface area contributed by atoms with Crippen LogP contribution in [0.1, 0.15) is 68.7 Å². The van der Waals surface area contributed by atoms with Crippen molar-refractivity contribution in [1.29, 1.82) is 0 Å². The summed E-state index contributed by atoms with van der Waals surface area (Å²) in [7, 11) is 0. The quantitative estimate of drug-likeness (QED) is 0.212. The summed E-state index contributed by atoms with van der Waals surface area (Å²) in [6, 6.07) is 11.5. The van der Waals surface area contributed by atoms with Gasteiger partial charge in [-0.1, -0.05) is 12.1 Å². The highest BCUT2D eigenvalue weighted by Gasteiger charge is 2.40. The van der Waals surface area contributed by atoms with Crippen LogP contribution in [0.2, 0.25) is 0 Å². The van der Waals surface area contributed by atoms with Gasteiger partial charge in [0.15, 0.2) is 0 Å². The van der Waals surface area contributed by atoms with E-state index in [0.29, 0.717) is 30.3 Å². The van der Waals surface area contributed by atoms with Gasteiger partial charge >= 0.3 is 12.1 Å². The molecule has 2 aromatic carbocycles. The molecule has 3 amide bonds. The van der Waals surface area contributed by atoms with Crippen LogP contribution in [-0.4, -0.2) is 69.2 Å². The van der Waals surface area contributed by atoms with E-state index in [0.717, 1.165) is 10.9 Å². The molecule has 0 aliphatic carbocycles. The zero-order chi connectivity index (χ0) is 30.7. The van der Waals surface area contributed by atoms with Crippen LogP contribution in [-0.2, 0) is 25.7 Å². The molecule has 0 radical (unpaired) electrons. The van der Waals surface area contributed by atoms with Gasteiger partial charge in [0.2, 0.25) is 6.10 Å². The molecule has 0 fully saturated rings. The number of hydrogen-bond acceptors (Lipinski definition) is 9. The maximum atomic E-state index is 13.0. The Balaban J connectivity index is 1.39. The summed E-state index contributed by atoms with van der Waals surface area (Å²) >= 11 is 0. The molecule has 1 aliphatic heterocycles. The lowest BCUT2D eigenvalue weighted by Crippen LogP contribution is -2.43. The third-order valence-electron chi connectivity index (χ3n) is 5.82. The maximum Gasteiger partial charge on any atom is 0.407 e. The summed E-state index contributed by atoms with van der Waals surface area (Å²) in [5, 5.41) is 8.63. The number of hydrogen-bond donors (Lipinski definition) is 1. The Morgan fingerprint density at radius 2 is 1.57 bits per heavy atom. The summed E-state index contributed by atoms with van der Waals surface area (Å²) in [5.41, 5.74) is -0.286. The highest BCUT2D eigenvalue weighted by molar-refractivity contribution is 6.20. The van der Waals surface area contributed by atoms with E-state index in [4.69, 9.17) is 19.0 Å². The summed E-state index contributed by atoms with van der Waals surface area (Å²) < 4.78 is 18.3. The van der Waals surface area contributed by atoms with Crippen molar-refractivity contribution < 1.29 is 38.2 Å². The topological polar surface area (TPSA) is 138 Å². The standard InChI is InChI=1S/C30H36N4O8/c1-29(2,3)40-27(37)24(42-34-25(35)21-10-7-8-11-22(21)26(34)36)18-39-20-12-13-23-19(16-20)17-33(32-23)15-9-14-31-28(38)41-30(4,5)6/h7-8,10-13,16-17,24H,9,14-15,18H2,1-6H3,(H,31,38)/t24-/m0/s1. The lowest BCUT2D eigenvalue weighted by Gasteiger charge is -2.26. The number of imide groups is 1. The molecule has 2 heterocycles. The van der Waals surface area contributed by atoms with E-state index in [1.54, 1.807) is 76.6 Å². The van der Waals surface area contributed by atoms with Crippen LogP contribution in [0, 0.1) is 0 Å². The van der Waals surface area contributed by atoms with Gasteiger partial charge in [0.05, 0.1) is 16.6 Å². The third-order valence-corrected chi connectivity index (χ3v) is 5.82. The van der Waals surface area contributed by atoms with Gasteiger partial charge in [-0.15, -0.1) is 5.06 Å². The van der Waals surface area contributed by atoms with Crippen molar-refractivity contribution in [3.63, 3.8) is 0 Å². The number of carbonyl (C=O) groups is 4. The zero-order valence-corrected chi connectivity index (χ0v) is 24.6. The second-order valence-corrected chi connectivity index (χ2v) is 11.8. The Hall–Kier alpha value is -4.45. The number of esters is 1. The van der Waals surface area contributed by atoms with E-state index < -0.39 is 41.2 Å². The number of alkyl carbamates (subject to hydrolysis) is 1. The van der Waals surface area contributed by atoms with Gasteiger partial charge < -0.3 is 19.5 Å². The molecule has 0 saturated heterocycles. The molecule has 12 nitrogen and oxygen atoms in total. The van der Waals surface area contributed by atoms with Gasteiger partial charge in [0.25, 0.3) is 11.8 Å². The number of rotatable bonds is 10. The second-order valence-electron chi connectivity index (χ2n) is 11.8. The fourth-order valence-corrected chi connectivity index (χ4v) is 4.08. The minimum Gasteiger partial charge on any atom is -0.490 e. The molecule has 0 unspecified atom stereocenters. The Bertz CT molecular complexity index is 1450. The molecule has 0 bridgehead atoms. The summed E-state index contributed by atoms with van der Waals surface area (Å²) in [4.78, 5) is 56.0. The minimum atomic E-state index is -1.40. The van der Waals surface area contributed by atoms with E-state index in [1.807, 2.05) is 6.20 Å². The van der Waals surface area contributed by atoms with Gasteiger partial charge in [-0.25, -0.2) is 14.4 Å². The molecule has 0 spiro atoms. The van der Waals surface area contributed by atoms with Crippen LogP contribution in [0.25, 0.3) is 10.9 Å². The van der Waals surface area contributed by atoms with Crippen LogP contribution in [0.15, 0.2) is 48.7 Å². The van der Waals surface area contributed by atoms with Crippen molar-refractivity contribution in [2.75, 3.05) is 13.2 Å². The highest BCUT2D eigenvalue weighted by Crippen LogP contribution is 2.25. The van der Waals surface area contributed by atoms with Gasteiger partial charge in [-0.3, -0.25) is 14.3 Å². The predicted octanol–water partition coefficient (Wildman–Crippen LogP) is 4.27. The summed E-state index contributed by atoms with van der Waals surface area (Å²) in [6.07, 6.45) is 0.619. The van der Waals surface area contributed by atoms with Gasteiger partial charge in [0.1, 0.15) is 23.6 Å². The van der Waals surface area contributed by atoms with E-state index in [-0.39, 0.29) is 17.7 Å². The number of aryl methyl sites for hydroxylation is 1. The number of amides is 3. The molecule has 1 aromatic heterocycles. The molecule has 1 aliphatic rings. The van der Waals surface area contributed by atoms with E-state index in [9.17, 15) is 19.2 Å². The Morgan fingerprint density at radius 3 is 2.19 bits per heavy atom. The Labute approximate surface area is 243 Å². The molecule has 4 rings (SSSR count). The normalized spacial score (nSPS) is 14.1. The first-order valence-electron chi connectivity index (χ1n) is 13.6. The average molecular weight is 581 g/mol. The SMILES string of the molecule is CC(C)(C)OC(=O)NCCCn1cc2cc(OC[C@H](ON3C(=O)c4ccccc4C3=O)C(=O)OC(C)(C)C)ccc2n1. The first-order valence-corrected chi connectivity index (χ1v) is 13.6. The number of carbonyl (C=O) groups excluding carboxylic acids is 4. The van der Waals surface area contributed by atoms with Crippen LogP contribution in [0.5, 0.6) is 5.75 Å². The molecule has 12 heteroatoms. The molecular formula is C30H36N4O8. The van der Waals surface area contributed by atoms with E-state index >= 15 is 0 Å². The largest absolute Gasteiger partial charge is 0.490 e. The van der Waals surface area contributed by atoms with Gasteiger partial charge in [-0.05, 0) is 78.3 Å². The smallest absolute Gasteiger partial charge is 0.407 e. The number of hydroxylamine groups is 2. The van der Waals surface area contributed by atoms with Crippen molar-refractivity contribution in [3.05, 3.63) is 59.8 Å². The second kappa shape index (κ2) is 12.2. The fourth-order valence-electron chi connectivity index (χ4n) is 4.08. The zero-order valence-electron chi connectivity index (χ0n) is 24.6. The number of ether oxygens (including phenoxy) is 3. The van der Waals surface area contributed by atoms with Crippen LogP contribution >= 0.6 is 0 Å². The minimum absolute atomic E-state index is 0.189. The number of nitrogens with one attached hydrogen (secondary N) is 1. The molecular weight excluding hydrogens is 544 g/mol. The number of aromatic nitrogens is 2. The summed E-state index contributed by atoms with van der Waals surface area (Å²) in [6.45, 7) is 11.2. The van der Waals surface area contributed by atoms with Crippen molar-refractivity contribution in [2.45, 2.75) is 71.8 Å². The average Bonchev–Trinajstić information content (AvgIpc) is 3.40. The van der Waals surface area contributed by atoms with Crippen molar-refractivity contribution in [3.8, 4) is 5.75 Å². The molecule has 1 N–H and O–H groups in total. The Kier molecular flexibility index (Phi) is 8.86. The van der Waals surface area contributed by atoms with E-state index in [1.165, 1.54) is 12.1 Å². The molecule has 1 atom stereocenters.